The summed E-state index contributed by atoms with van der Waals surface area (Å²) in [5.41, 5.74) is 4.32. The number of nitrogens with zero attached hydrogens (tertiary/aromatic N) is 3. The van der Waals surface area contributed by atoms with Crippen LogP contribution in [0.2, 0.25) is 0 Å². The first-order valence-corrected chi connectivity index (χ1v) is 9.07. The number of ether oxygens (including phenoxy) is 1. The molecule has 124 valence electrons. The number of hydrogen-bond acceptors (Lipinski definition) is 8. The molecule has 1 aliphatic rings. The highest BCUT2D eigenvalue weighted by Gasteiger charge is 2.27. The molecular weight excluding hydrogens is 348 g/mol. The van der Waals surface area contributed by atoms with E-state index in [9.17, 15) is 4.79 Å². The number of thiophene rings is 1. The van der Waals surface area contributed by atoms with E-state index in [-0.39, 0.29) is 5.91 Å². The summed E-state index contributed by atoms with van der Waals surface area (Å²) in [7, 11) is 0. The standard InChI is InChI=1S/C15H14N4O3S2/c1-7-12(23-6-16-7)13(20)18-15-11(14-17-8(2)19-22-14)9-3-4-21-5-10(9)24-15/h6H,3-5H2,1-2H3,(H,18,20). The predicted molar refractivity (Wildman–Crippen MR) is 90.5 cm³/mol. The fourth-order valence-corrected chi connectivity index (χ4v) is 4.49. The Morgan fingerprint density at radius 3 is 2.96 bits per heavy atom. The SMILES string of the molecule is Cc1noc(-c2c(NC(=O)c3scnc3C)sc3c2CCOC3)n1. The van der Waals surface area contributed by atoms with Crippen LogP contribution in [0.15, 0.2) is 10.0 Å². The first-order valence-electron chi connectivity index (χ1n) is 7.38. The van der Waals surface area contributed by atoms with Crippen LogP contribution < -0.4 is 5.32 Å². The molecule has 9 heteroatoms. The molecule has 0 unspecified atom stereocenters. The maximum Gasteiger partial charge on any atom is 0.268 e. The lowest BCUT2D eigenvalue weighted by Crippen LogP contribution is -2.11. The van der Waals surface area contributed by atoms with Crippen molar-refractivity contribution in [3.8, 4) is 11.5 Å². The lowest BCUT2D eigenvalue weighted by molar-refractivity contribution is 0.103. The molecule has 1 N–H and O–H groups in total. The number of fused-ring (bicyclic) bond motifs is 1. The molecule has 4 heterocycles. The summed E-state index contributed by atoms with van der Waals surface area (Å²) in [5.74, 6) is 0.822. The number of carbonyl (C=O) groups is 1. The fraction of sp³-hybridized carbons (Fsp3) is 0.333. The van der Waals surface area contributed by atoms with E-state index in [4.69, 9.17) is 9.26 Å². The molecule has 1 amide bonds. The monoisotopic (exact) mass is 362 g/mol. The highest BCUT2D eigenvalue weighted by Crippen LogP contribution is 2.42. The number of rotatable bonds is 3. The summed E-state index contributed by atoms with van der Waals surface area (Å²) >= 11 is 2.82. The minimum atomic E-state index is -0.174. The third-order valence-electron chi connectivity index (χ3n) is 3.74. The Morgan fingerprint density at radius 1 is 1.38 bits per heavy atom. The molecule has 0 fully saturated rings. The molecule has 0 atom stereocenters. The van der Waals surface area contributed by atoms with Crippen LogP contribution in [0.25, 0.3) is 11.5 Å². The first-order chi connectivity index (χ1) is 11.6. The van der Waals surface area contributed by atoms with E-state index in [0.29, 0.717) is 34.8 Å². The Morgan fingerprint density at radius 2 is 2.25 bits per heavy atom. The van der Waals surface area contributed by atoms with Crippen LogP contribution in [0.1, 0.15) is 31.6 Å². The number of aromatic nitrogens is 3. The predicted octanol–water partition coefficient (Wildman–Crippen LogP) is 3.20. The van der Waals surface area contributed by atoms with Gasteiger partial charge in [0.25, 0.3) is 11.8 Å². The first kappa shape index (κ1) is 15.4. The van der Waals surface area contributed by atoms with E-state index < -0.39 is 0 Å². The number of hydrogen-bond donors (Lipinski definition) is 1. The third kappa shape index (κ3) is 2.64. The van der Waals surface area contributed by atoms with Crippen molar-refractivity contribution in [2.24, 2.45) is 0 Å². The van der Waals surface area contributed by atoms with Gasteiger partial charge in [-0.25, -0.2) is 4.98 Å². The average Bonchev–Trinajstić information content (AvgIpc) is 3.25. The largest absolute Gasteiger partial charge is 0.376 e. The Kier molecular flexibility index (Phi) is 3.91. The number of anilines is 1. The zero-order chi connectivity index (χ0) is 16.7. The van der Waals surface area contributed by atoms with Gasteiger partial charge in [0.15, 0.2) is 5.82 Å². The number of thiazole rings is 1. The summed E-state index contributed by atoms with van der Waals surface area (Å²) in [5, 5.41) is 7.57. The normalized spacial score (nSPS) is 13.8. The summed E-state index contributed by atoms with van der Waals surface area (Å²) in [4.78, 5) is 22.7. The molecular formula is C15H14N4O3S2. The van der Waals surface area contributed by atoms with Crippen LogP contribution in [-0.2, 0) is 17.8 Å². The molecule has 7 nitrogen and oxygen atoms in total. The van der Waals surface area contributed by atoms with Crippen molar-refractivity contribution in [1.82, 2.24) is 15.1 Å². The van der Waals surface area contributed by atoms with Gasteiger partial charge in [0.2, 0.25) is 0 Å². The molecule has 3 aromatic rings. The van der Waals surface area contributed by atoms with Gasteiger partial charge < -0.3 is 14.6 Å². The summed E-state index contributed by atoms with van der Waals surface area (Å²) < 4.78 is 10.9. The number of carbonyl (C=O) groups excluding carboxylic acids is 1. The van der Waals surface area contributed by atoms with Crippen molar-refractivity contribution in [3.63, 3.8) is 0 Å². The fourth-order valence-electron chi connectivity index (χ4n) is 2.62. The van der Waals surface area contributed by atoms with E-state index in [1.54, 1.807) is 12.4 Å². The van der Waals surface area contributed by atoms with Gasteiger partial charge in [-0.3, -0.25) is 4.79 Å². The summed E-state index contributed by atoms with van der Waals surface area (Å²) in [6.07, 6.45) is 0.762. The number of amides is 1. The Labute approximate surface area is 145 Å². The summed E-state index contributed by atoms with van der Waals surface area (Å²) in [6.45, 7) is 4.77. The third-order valence-corrected chi connectivity index (χ3v) is 5.79. The molecule has 0 bridgehead atoms. The van der Waals surface area contributed by atoms with Gasteiger partial charge in [-0.15, -0.1) is 22.7 Å². The van der Waals surface area contributed by atoms with Gasteiger partial charge in [-0.1, -0.05) is 5.16 Å². The van der Waals surface area contributed by atoms with Gasteiger partial charge >= 0.3 is 0 Å². The Hall–Kier alpha value is -2.10. The van der Waals surface area contributed by atoms with E-state index in [0.717, 1.165) is 28.1 Å². The maximum atomic E-state index is 12.6. The highest BCUT2D eigenvalue weighted by molar-refractivity contribution is 7.17. The topological polar surface area (TPSA) is 90.1 Å². The van der Waals surface area contributed by atoms with Gasteiger partial charge in [0.05, 0.1) is 30.0 Å². The lowest BCUT2D eigenvalue weighted by atomic mass is 10.1. The zero-order valence-electron chi connectivity index (χ0n) is 13.1. The molecule has 0 saturated carbocycles. The molecule has 0 spiro atoms. The van der Waals surface area contributed by atoms with Crippen LogP contribution in [0, 0.1) is 13.8 Å². The maximum absolute atomic E-state index is 12.6. The highest BCUT2D eigenvalue weighted by atomic mass is 32.1. The van der Waals surface area contributed by atoms with Crippen LogP contribution in [0.3, 0.4) is 0 Å². The molecule has 0 saturated heterocycles. The molecule has 1 aliphatic heterocycles. The molecule has 4 rings (SSSR count). The van der Waals surface area contributed by atoms with E-state index in [1.807, 2.05) is 6.92 Å². The van der Waals surface area contributed by atoms with Gasteiger partial charge in [-0.05, 0) is 25.8 Å². The van der Waals surface area contributed by atoms with E-state index >= 15 is 0 Å². The van der Waals surface area contributed by atoms with E-state index in [2.05, 4.69) is 20.4 Å². The van der Waals surface area contributed by atoms with Crippen molar-refractivity contribution >= 4 is 33.6 Å². The average molecular weight is 362 g/mol. The molecule has 0 aromatic carbocycles. The minimum Gasteiger partial charge on any atom is -0.376 e. The summed E-state index contributed by atoms with van der Waals surface area (Å²) in [6, 6.07) is 0. The molecule has 24 heavy (non-hydrogen) atoms. The number of aryl methyl sites for hydroxylation is 2. The van der Waals surface area contributed by atoms with Crippen LogP contribution in [0.5, 0.6) is 0 Å². The second kappa shape index (κ2) is 6.08. The van der Waals surface area contributed by atoms with Crippen LogP contribution in [-0.4, -0.2) is 27.6 Å². The molecule has 3 aromatic heterocycles. The van der Waals surface area contributed by atoms with E-state index in [1.165, 1.54) is 22.7 Å². The smallest absolute Gasteiger partial charge is 0.268 e. The second-order valence-electron chi connectivity index (χ2n) is 5.38. The van der Waals surface area contributed by atoms with Crippen molar-refractivity contribution in [2.45, 2.75) is 26.9 Å². The second-order valence-corrected chi connectivity index (χ2v) is 7.34. The quantitative estimate of drug-likeness (QED) is 0.769. The van der Waals surface area contributed by atoms with Crippen molar-refractivity contribution < 1.29 is 14.1 Å². The van der Waals surface area contributed by atoms with Gasteiger partial charge in [0.1, 0.15) is 9.88 Å². The lowest BCUT2D eigenvalue weighted by Gasteiger charge is -2.12. The molecule has 0 aliphatic carbocycles. The van der Waals surface area contributed by atoms with Gasteiger partial charge in [0, 0.05) is 4.88 Å². The minimum absolute atomic E-state index is 0.174. The zero-order valence-corrected chi connectivity index (χ0v) is 14.7. The Bertz CT molecular complexity index is 912. The Balaban J connectivity index is 1.76. The van der Waals surface area contributed by atoms with Crippen molar-refractivity contribution in [3.05, 3.63) is 32.3 Å². The molecule has 0 radical (unpaired) electrons. The van der Waals surface area contributed by atoms with Gasteiger partial charge in [-0.2, -0.15) is 4.98 Å². The number of nitrogens with one attached hydrogen (secondary N) is 1. The van der Waals surface area contributed by atoms with Crippen LogP contribution in [0.4, 0.5) is 5.00 Å². The van der Waals surface area contributed by atoms with Crippen molar-refractivity contribution in [2.75, 3.05) is 11.9 Å². The van der Waals surface area contributed by atoms with Crippen molar-refractivity contribution in [1.29, 1.82) is 0 Å². The van der Waals surface area contributed by atoms with Crippen LogP contribution >= 0.6 is 22.7 Å².